The lowest BCUT2D eigenvalue weighted by Gasteiger charge is -2.11. The minimum Gasteiger partial charge on any atom is -0.486 e. The highest BCUT2D eigenvalue weighted by atomic mass is 35.5. The zero-order valence-electron chi connectivity index (χ0n) is 14.3. The van der Waals surface area contributed by atoms with Gasteiger partial charge in [0.05, 0.1) is 28.2 Å². The lowest BCUT2D eigenvalue weighted by molar-refractivity contribution is 0.267. The van der Waals surface area contributed by atoms with Crippen LogP contribution in [0.4, 0.5) is 0 Å². The van der Waals surface area contributed by atoms with Gasteiger partial charge >= 0.3 is 5.63 Å². The maximum Gasteiger partial charge on any atom is 0.346 e. The number of aliphatic hydroxyl groups is 1. The molecule has 0 unspecified atom stereocenters. The van der Waals surface area contributed by atoms with E-state index < -0.39 is 5.63 Å². The molecule has 5 nitrogen and oxygen atoms in total. The highest BCUT2D eigenvalue weighted by Crippen LogP contribution is 2.32. The van der Waals surface area contributed by atoms with Crippen LogP contribution in [0, 0.1) is 0 Å². The summed E-state index contributed by atoms with van der Waals surface area (Å²) in [4.78, 5) is 12.5. The number of benzene rings is 2. The van der Waals surface area contributed by atoms with Crippen LogP contribution in [0.3, 0.4) is 0 Å². The molecule has 0 saturated heterocycles. The Morgan fingerprint density at radius 1 is 1.19 bits per heavy atom. The largest absolute Gasteiger partial charge is 0.486 e. The normalized spacial score (nSPS) is 11.4. The smallest absolute Gasteiger partial charge is 0.346 e. The van der Waals surface area contributed by atoms with Crippen LogP contribution in [0.25, 0.3) is 21.9 Å². The summed E-state index contributed by atoms with van der Waals surface area (Å²) in [7, 11) is 1.83. The first-order valence-electron chi connectivity index (χ1n) is 8.22. The van der Waals surface area contributed by atoms with Crippen molar-refractivity contribution in [2.24, 2.45) is 7.05 Å². The number of rotatable bonds is 4. The number of ether oxygens (including phenoxy) is 1. The quantitative estimate of drug-likeness (QED) is 0.503. The summed E-state index contributed by atoms with van der Waals surface area (Å²) < 4.78 is 13.1. The molecule has 27 heavy (non-hydrogen) atoms. The van der Waals surface area contributed by atoms with Crippen molar-refractivity contribution in [3.05, 3.63) is 74.2 Å². The van der Waals surface area contributed by atoms with Gasteiger partial charge in [0.15, 0.2) is 0 Å². The lowest BCUT2D eigenvalue weighted by Crippen LogP contribution is -2.05. The van der Waals surface area contributed by atoms with Crippen molar-refractivity contribution in [1.29, 1.82) is 0 Å². The number of aliphatic hydroxyl groups excluding tert-OH is 1. The van der Waals surface area contributed by atoms with Crippen LogP contribution >= 0.6 is 23.2 Å². The number of aryl methyl sites for hydroxylation is 1. The Morgan fingerprint density at radius 3 is 2.70 bits per heavy atom. The molecule has 138 valence electrons. The maximum absolute atomic E-state index is 12.5. The van der Waals surface area contributed by atoms with E-state index in [1.165, 1.54) is 0 Å². The van der Waals surface area contributed by atoms with Crippen molar-refractivity contribution >= 4 is 45.1 Å². The first kappa shape index (κ1) is 17.9. The molecule has 0 bridgehead atoms. The fourth-order valence-corrected chi connectivity index (χ4v) is 3.79. The van der Waals surface area contributed by atoms with Crippen molar-refractivity contribution in [3.63, 3.8) is 0 Å². The highest BCUT2D eigenvalue weighted by molar-refractivity contribution is 6.35. The standard InChI is InChI=1S/C20H15Cl2NO4/c1-23-15(10-26-17-7-6-11(21)8-14(17)22)13(9-24)18-19(23)12-4-2-3-5-16(12)27-20(18)25/h2-8,24H,9-10H2,1H3. The molecule has 0 amide bonds. The third-order valence-corrected chi connectivity index (χ3v) is 5.12. The molecule has 0 spiro atoms. The van der Waals surface area contributed by atoms with Crippen molar-refractivity contribution in [3.8, 4) is 5.75 Å². The van der Waals surface area contributed by atoms with Gasteiger partial charge in [-0.3, -0.25) is 0 Å². The monoisotopic (exact) mass is 403 g/mol. The van der Waals surface area contributed by atoms with Gasteiger partial charge in [-0.1, -0.05) is 35.3 Å². The second-order valence-corrected chi connectivity index (χ2v) is 6.96. The molecule has 0 aliphatic heterocycles. The summed E-state index contributed by atoms with van der Waals surface area (Å²) in [6.45, 7) is -0.191. The van der Waals surface area contributed by atoms with Crippen molar-refractivity contribution in [1.82, 2.24) is 4.57 Å². The Morgan fingerprint density at radius 2 is 1.96 bits per heavy atom. The van der Waals surface area contributed by atoms with Gasteiger partial charge < -0.3 is 18.8 Å². The van der Waals surface area contributed by atoms with Gasteiger partial charge in [-0.25, -0.2) is 4.79 Å². The fraction of sp³-hybridized carbons (Fsp3) is 0.150. The minimum atomic E-state index is -0.487. The number of halogens is 2. The van der Waals surface area contributed by atoms with E-state index in [1.54, 1.807) is 30.3 Å². The molecule has 0 aliphatic carbocycles. The molecule has 2 heterocycles. The number of nitrogens with zero attached hydrogens (tertiary/aromatic N) is 1. The maximum atomic E-state index is 12.5. The summed E-state index contributed by atoms with van der Waals surface area (Å²) in [5.41, 5.74) is 1.86. The Bertz CT molecular complexity index is 1230. The van der Waals surface area contributed by atoms with Crippen molar-refractivity contribution < 1.29 is 14.3 Å². The number of para-hydroxylation sites is 1. The van der Waals surface area contributed by atoms with Crippen LogP contribution in [0.2, 0.25) is 10.0 Å². The predicted octanol–water partition coefficient (Wildman–Crippen LogP) is 4.66. The molecular weight excluding hydrogens is 389 g/mol. The van der Waals surface area contributed by atoms with Gasteiger partial charge in [0.1, 0.15) is 17.9 Å². The van der Waals surface area contributed by atoms with Crippen LogP contribution in [-0.4, -0.2) is 9.67 Å². The third-order valence-electron chi connectivity index (χ3n) is 4.59. The number of aromatic nitrogens is 1. The van der Waals surface area contributed by atoms with E-state index in [4.69, 9.17) is 32.4 Å². The van der Waals surface area contributed by atoms with Gasteiger partial charge in [-0.2, -0.15) is 0 Å². The Hall–Kier alpha value is -2.47. The molecular formula is C20H15Cl2NO4. The highest BCUT2D eigenvalue weighted by Gasteiger charge is 2.21. The second-order valence-electron chi connectivity index (χ2n) is 6.12. The topological polar surface area (TPSA) is 64.6 Å². The fourth-order valence-electron chi connectivity index (χ4n) is 3.32. The second kappa shape index (κ2) is 6.93. The average Bonchev–Trinajstić information content (AvgIpc) is 2.94. The van der Waals surface area contributed by atoms with E-state index in [1.807, 2.05) is 23.7 Å². The third kappa shape index (κ3) is 2.98. The van der Waals surface area contributed by atoms with Crippen LogP contribution in [0.15, 0.2) is 51.7 Å². The van der Waals surface area contributed by atoms with Crippen molar-refractivity contribution in [2.75, 3.05) is 0 Å². The van der Waals surface area contributed by atoms with E-state index in [2.05, 4.69) is 0 Å². The molecule has 4 rings (SSSR count). The summed E-state index contributed by atoms with van der Waals surface area (Å²) in [6.07, 6.45) is 0. The summed E-state index contributed by atoms with van der Waals surface area (Å²) in [5.74, 6) is 0.465. The van der Waals surface area contributed by atoms with Crippen LogP contribution in [0.1, 0.15) is 11.3 Å². The summed E-state index contributed by atoms with van der Waals surface area (Å²) in [5, 5.41) is 12.0. The van der Waals surface area contributed by atoms with Gasteiger partial charge in [-0.15, -0.1) is 0 Å². The van der Waals surface area contributed by atoms with E-state index in [0.29, 0.717) is 43.5 Å². The summed E-state index contributed by atoms with van der Waals surface area (Å²) in [6, 6.07) is 12.2. The van der Waals surface area contributed by atoms with Gasteiger partial charge in [0.25, 0.3) is 0 Å². The number of hydrogen-bond acceptors (Lipinski definition) is 4. The molecule has 0 fully saturated rings. The zero-order chi connectivity index (χ0) is 19.1. The van der Waals surface area contributed by atoms with Gasteiger partial charge in [0.2, 0.25) is 0 Å². The average molecular weight is 404 g/mol. The lowest BCUT2D eigenvalue weighted by atomic mass is 10.1. The molecule has 0 radical (unpaired) electrons. The first-order valence-corrected chi connectivity index (χ1v) is 8.97. The molecule has 0 aliphatic rings. The van der Waals surface area contributed by atoms with Crippen LogP contribution in [-0.2, 0) is 20.3 Å². The SMILES string of the molecule is Cn1c(COc2ccc(Cl)cc2Cl)c(CO)c2c(=O)oc3ccccc3c21. The van der Waals surface area contributed by atoms with Crippen LogP contribution < -0.4 is 10.4 Å². The number of hydrogen-bond donors (Lipinski definition) is 1. The predicted molar refractivity (Wildman–Crippen MR) is 106 cm³/mol. The van der Waals surface area contributed by atoms with E-state index in [0.717, 1.165) is 5.39 Å². The van der Waals surface area contributed by atoms with E-state index in [-0.39, 0.29) is 13.2 Å². The minimum absolute atomic E-state index is 0.121. The Balaban J connectivity index is 1.87. The van der Waals surface area contributed by atoms with Crippen LogP contribution in [0.5, 0.6) is 5.75 Å². The Kier molecular flexibility index (Phi) is 4.60. The van der Waals surface area contributed by atoms with Gasteiger partial charge in [0, 0.05) is 23.0 Å². The number of fused-ring (bicyclic) bond motifs is 3. The molecule has 0 atom stereocenters. The Labute approximate surface area is 164 Å². The van der Waals surface area contributed by atoms with E-state index >= 15 is 0 Å². The molecule has 2 aromatic carbocycles. The molecule has 1 N–H and O–H groups in total. The molecule has 0 saturated carbocycles. The zero-order valence-corrected chi connectivity index (χ0v) is 15.8. The summed E-state index contributed by atoms with van der Waals surface area (Å²) >= 11 is 12.1. The molecule has 7 heteroatoms. The molecule has 4 aromatic rings. The molecule has 2 aromatic heterocycles. The van der Waals surface area contributed by atoms with Crippen molar-refractivity contribution in [2.45, 2.75) is 13.2 Å². The first-order chi connectivity index (χ1) is 13.0. The van der Waals surface area contributed by atoms with E-state index in [9.17, 15) is 9.90 Å². The van der Waals surface area contributed by atoms with Gasteiger partial charge in [-0.05, 0) is 30.3 Å².